The maximum atomic E-state index is 13.5. The molecule has 0 aromatic heterocycles. The number of halogens is 1. The zero-order valence-electron chi connectivity index (χ0n) is 21.3. The van der Waals surface area contributed by atoms with Gasteiger partial charge in [-0.25, -0.2) is 0 Å². The Labute approximate surface area is 227 Å². The van der Waals surface area contributed by atoms with Gasteiger partial charge < -0.3 is 24.8 Å². The van der Waals surface area contributed by atoms with Crippen LogP contribution in [-0.4, -0.2) is 52.6 Å². The summed E-state index contributed by atoms with van der Waals surface area (Å²) in [6.07, 6.45) is -2.58. The highest BCUT2D eigenvalue weighted by molar-refractivity contribution is 6.31. The fourth-order valence-corrected chi connectivity index (χ4v) is 6.39. The molecule has 2 aliphatic carbocycles. The highest BCUT2D eigenvalue weighted by atomic mass is 35.5. The van der Waals surface area contributed by atoms with E-state index in [0.717, 1.165) is 22.4 Å². The summed E-state index contributed by atoms with van der Waals surface area (Å²) in [7, 11) is 0. The predicted molar refractivity (Wildman–Crippen MR) is 144 cm³/mol. The van der Waals surface area contributed by atoms with E-state index in [2.05, 4.69) is 0 Å². The molecule has 5 rings (SSSR count). The number of rotatable bonds is 9. The first-order chi connectivity index (χ1) is 18.3. The van der Waals surface area contributed by atoms with Crippen molar-refractivity contribution in [3.05, 3.63) is 100 Å². The lowest BCUT2D eigenvalue weighted by molar-refractivity contribution is -0.164. The molecule has 0 saturated heterocycles. The van der Waals surface area contributed by atoms with Crippen molar-refractivity contribution in [1.29, 1.82) is 0 Å². The monoisotopic (exact) mass is 536 g/mol. The summed E-state index contributed by atoms with van der Waals surface area (Å²) >= 11 is 6.59. The molecule has 6 nitrogen and oxygen atoms in total. The number of ether oxygens (including phenoxy) is 2. The van der Waals surface area contributed by atoms with E-state index < -0.39 is 35.7 Å². The molecule has 2 aliphatic rings. The smallest absolute Gasteiger partial charge is 0.172 e. The molecule has 200 valence electrons. The Hall–Kier alpha value is -2.74. The lowest BCUT2D eigenvalue weighted by Crippen LogP contribution is -2.60. The number of aliphatic hydroxyl groups excluding tert-OH is 3. The number of hydrogen-bond donors (Lipinski definition) is 3. The van der Waals surface area contributed by atoms with Crippen LogP contribution in [0.5, 0.6) is 5.75 Å². The number of benzene rings is 3. The first-order valence-corrected chi connectivity index (χ1v) is 13.4. The van der Waals surface area contributed by atoms with E-state index in [0.29, 0.717) is 23.6 Å². The van der Waals surface area contributed by atoms with Crippen molar-refractivity contribution in [3.8, 4) is 5.75 Å². The number of carbonyl (C=O) groups is 1. The first kappa shape index (κ1) is 26.9. The number of carbonyl (C=O) groups excluding carboxylic acids is 1. The van der Waals surface area contributed by atoms with Crippen LogP contribution in [0.25, 0.3) is 0 Å². The van der Waals surface area contributed by atoms with E-state index in [1.807, 2.05) is 67.6 Å². The van der Waals surface area contributed by atoms with Crippen LogP contribution in [0.4, 0.5) is 0 Å². The Morgan fingerprint density at radius 2 is 1.71 bits per heavy atom. The lowest BCUT2D eigenvalue weighted by atomic mass is 9.61. The maximum absolute atomic E-state index is 13.5. The van der Waals surface area contributed by atoms with Crippen molar-refractivity contribution in [2.24, 2.45) is 5.41 Å². The second kappa shape index (κ2) is 10.8. The van der Waals surface area contributed by atoms with Crippen molar-refractivity contribution in [1.82, 2.24) is 0 Å². The maximum Gasteiger partial charge on any atom is 0.172 e. The molecule has 5 unspecified atom stereocenters. The van der Waals surface area contributed by atoms with Gasteiger partial charge in [-0.1, -0.05) is 66.2 Å². The van der Waals surface area contributed by atoms with E-state index in [4.69, 9.17) is 21.1 Å². The van der Waals surface area contributed by atoms with Crippen LogP contribution in [-0.2, 0) is 28.0 Å². The molecule has 0 spiro atoms. The SMILES string of the molecule is CCOc1ccc(Cc2cc(C34CC(OCc5ccccc5)C(=O)C(CO)(CC3O)C4O)ccc2Cl)cc1. The first-order valence-electron chi connectivity index (χ1n) is 13.0. The van der Waals surface area contributed by atoms with Crippen molar-refractivity contribution < 1.29 is 29.6 Å². The van der Waals surface area contributed by atoms with Gasteiger partial charge in [-0.3, -0.25) is 4.79 Å². The Bertz CT molecular complexity index is 1280. The third-order valence-electron chi connectivity index (χ3n) is 8.26. The van der Waals surface area contributed by atoms with Gasteiger partial charge >= 0.3 is 0 Å². The van der Waals surface area contributed by atoms with Gasteiger partial charge in [0, 0.05) is 5.02 Å². The minimum absolute atomic E-state index is 0.0362. The van der Waals surface area contributed by atoms with Crippen LogP contribution in [0.2, 0.25) is 5.02 Å². The summed E-state index contributed by atoms with van der Waals surface area (Å²) in [4.78, 5) is 13.5. The topological polar surface area (TPSA) is 96.2 Å². The standard InChI is InChI=1S/C31H33ClO6/c1-2-37-24-11-8-20(9-12-24)14-22-15-23(10-13-25(22)32)31-16-26(38-18-21-6-4-3-5-7-21)28(35)30(19-33,29(31)36)17-27(31)34/h3-13,15,26-27,29,33-34,36H,2,14,16-19H2,1H3. The van der Waals surface area contributed by atoms with Crippen LogP contribution in [0.3, 0.4) is 0 Å². The normalized spacial score (nSPS) is 28.4. The van der Waals surface area contributed by atoms with Gasteiger partial charge in [-0.2, -0.15) is 0 Å². The molecule has 2 fully saturated rings. The van der Waals surface area contributed by atoms with Crippen LogP contribution < -0.4 is 4.74 Å². The average molecular weight is 537 g/mol. The van der Waals surface area contributed by atoms with E-state index in [9.17, 15) is 20.1 Å². The third-order valence-corrected chi connectivity index (χ3v) is 8.63. The van der Waals surface area contributed by atoms with Gasteiger partial charge in [-0.15, -0.1) is 0 Å². The van der Waals surface area contributed by atoms with Crippen molar-refractivity contribution >= 4 is 17.4 Å². The number of hydrogen-bond acceptors (Lipinski definition) is 6. The van der Waals surface area contributed by atoms with Gasteiger partial charge in [0.05, 0.1) is 42.9 Å². The molecule has 2 bridgehead atoms. The summed E-state index contributed by atoms with van der Waals surface area (Å²) in [6.45, 7) is 2.17. The van der Waals surface area contributed by atoms with Crippen LogP contribution in [0, 0.1) is 5.41 Å². The van der Waals surface area contributed by atoms with E-state index in [1.165, 1.54) is 0 Å². The molecule has 3 aromatic rings. The average Bonchev–Trinajstić information content (AvgIpc) is 3.09. The number of aliphatic hydroxyl groups is 3. The summed E-state index contributed by atoms with van der Waals surface area (Å²) in [5.74, 6) is 0.431. The third kappa shape index (κ3) is 4.55. The molecule has 0 radical (unpaired) electrons. The van der Waals surface area contributed by atoms with Crippen molar-refractivity contribution in [2.75, 3.05) is 13.2 Å². The molecular weight excluding hydrogens is 504 g/mol. The Morgan fingerprint density at radius 3 is 2.39 bits per heavy atom. The fourth-order valence-electron chi connectivity index (χ4n) is 6.21. The second-order valence-corrected chi connectivity index (χ2v) is 10.8. The minimum atomic E-state index is -1.49. The number of ketones is 1. The molecule has 0 aliphatic heterocycles. The zero-order valence-corrected chi connectivity index (χ0v) is 22.1. The van der Waals surface area contributed by atoms with Crippen LogP contribution >= 0.6 is 11.6 Å². The lowest BCUT2D eigenvalue weighted by Gasteiger charge is -2.46. The molecule has 0 heterocycles. The number of Topliss-reactive ketones (excluding diaryl/α,β-unsaturated/α-hetero) is 1. The zero-order chi connectivity index (χ0) is 26.9. The molecular formula is C31H33ClO6. The Kier molecular flexibility index (Phi) is 7.63. The summed E-state index contributed by atoms with van der Waals surface area (Å²) in [5.41, 5.74) is 0.784. The van der Waals surface area contributed by atoms with Crippen molar-refractivity contribution in [3.63, 3.8) is 0 Å². The molecule has 2 saturated carbocycles. The quantitative estimate of drug-likeness (QED) is 0.379. The molecule has 38 heavy (non-hydrogen) atoms. The summed E-state index contributed by atoms with van der Waals surface area (Å²) in [6, 6.07) is 22.8. The Balaban J connectivity index is 1.48. The van der Waals surface area contributed by atoms with Crippen LogP contribution in [0.15, 0.2) is 72.8 Å². The molecule has 0 amide bonds. The summed E-state index contributed by atoms with van der Waals surface area (Å²) in [5, 5.41) is 33.9. The van der Waals surface area contributed by atoms with Gasteiger partial charge in [0.2, 0.25) is 0 Å². The van der Waals surface area contributed by atoms with Gasteiger partial charge in [0.15, 0.2) is 5.78 Å². The molecule has 3 aromatic carbocycles. The van der Waals surface area contributed by atoms with Gasteiger partial charge in [0.1, 0.15) is 11.9 Å². The highest BCUT2D eigenvalue weighted by Gasteiger charge is 2.70. The van der Waals surface area contributed by atoms with Crippen molar-refractivity contribution in [2.45, 2.75) is 56.5 Å². The Morgan fingerprint density at radius 1 is 0.974 bits per heavy atom. The summed E-state index contributed by atoms with van der Waals surface area (Å²) < 4.78 is 11.6. The fraction of sp³-hybridized carbons (Fsp3) is 0.387. The van der Waals surface area contributed by atoms with Crippen LogP contribution in [0.1, 0.15) is 42.0 Å². The van der Waals surface area contributed by atoms with E-state index in [1.54, 1.807) is 12.1 Å². The second-order valence-electron chi connectivity index (χ2n) is 10.4. The molecule has 7 heteroatoms. The molecule has 3 N–H and O–H groups in total. The van der Waals surface area contributed by atoms with Gasteiger partial charge in [-0.05, 0) is 66.6 Å². The largest absolute Gasteiger partial charge is 0.494 e. The molecule has 5 atom stereocenters. The predicted octanol–water partition coefficient (Wildman–Crippen LogP) is 4.23. The van der Waals surface area contributed by atoms with E-state index in [-0.39, 0.29) is 25.2 Å². The minimum Gasteiger partial charge on any atom is -0.494 e. The highest BCUT2D eigenvalue weighted by Crippen LogP contribution is 2.58. The van der Waals surface area contributed by atoms with E-state index >= 15 is 0 Å². The number of fused-ring (bicyclic) bond motifs is 2. The van der Waals surface area contributed by atoms with Gasteiger partial charge in [0.25, 0.3) is 0 Å².